The minimum Gasteiger partial charge on any atom is -0.312 e. The lowest BCUT2D eigenvalue weighted by molar-refractivity contribution is 0.330. The highest BCUT2D eigenvalue weighted by Crippen LogP contribution is 2.19. The van der Waals surface area contributed by atoms with Gasteiger partial charge in [0.05, 0.1) is 10.7 Å². The molecule has 0 fully saturated rings. The Hall–Kier alpha value is -0.410. The van der Waals surface area contributed by atoms with Gasteiger partial charge in [0.2, 0.25) is 0 Å². The molecule has 0 amide bonds. The van der Waals surface area contributed by atoms with Crippen molar-refractivity contribution < 1.29 is 0 Å². The fourth-order valence-corrected chi connectivity index (χ4v) is 2.78. The maximum atomic E-state index is 4.59. The molecule has 0 bridgehead atoms. The molecule has 1 aromatic heterocycles. The number of nitrogens with one attached hydrogen (secondary N) is 1. The smallest absolute Gasteiger partial charge is 0.0897 e. The van der Waals surface area contributed by atoms with Crippen molar-refractivity contribution >= 4 is 11.3 Å². The molecule has 0 saturated heterocycles. The van der Waals surface area contributed by atoms with Gasteiger partial charge in [0.15, 0.2) is 0 Å². The lowest BCUT2D eigenvalue weighted by Crippen LogP contribution is -2.39. The molecule has 0 aliphatic carbocycles. The first-order valence-corrected chi connectivity index (χ1v) is 7.80. The van der Waals surface area contributed by atoms with Crippen LogP contribution in [0.1, 0.15) is 51.7 Å². The molecule has 1 aromatic rings. The standard InChI is InChI=1S/C15H28N2S/c1-11(2)7-13(9-16-15(4,5)6)8-14-10-18-12(3)17-14/h10-11,13,16H,7-9H2,1-6H3. The zero-order chi connectivity index (χ0) is 13.8. The highest BCUT2D eigenvalue weighted by molar-refractivity contribution is 7.09. The van der Waals surface area contributed by atoms with E-state index < -0.39 is 0 Å². The molecule has 0 aliphatic heterocycles. The number of hydrogen-bond acceptors (Lipinski definition) is 3. The van der Waals surface area contributed by atoms with Crippen molar-refractivity contribution in [2.45, 2.75) is 59.9 Å². The number of rotatable bonds is 6. The van der Waals surface area contributed by atoms with E-state index in [-0.39, 0.29) is 5.54 Å². The van der Waals surface area contributed by atoms with Crippen LogP contribution >= 0.6 is 11.3 Å². The van der Waals surface area contributed by atoms with Gasteiger partial charge in [-0.2, -0.15) is 0 Å². The van der Waals surface area contributed by atoms with Crippen molar-refractivity contribution in [2.24, 2.45) is 11.8 Å². The van der Waals surface area contributed by atoms with Crippen LogP contribution in [0.25, 0.3) is 0 Å². The summed E-state index contributed by atoms with van der Waals surface area (Å²) in [5.41, 5.74) is 1.46. The van der Waals surface area contributed by atoms with E-state index in [9.17, 15) is 0 Å². The summed E-state index contributed by atoms with van der Waals surface area (Å²) in [5.74, 6) is 1.43. The van der Waals surface area contributed by atoms with Crippen molar-refractivity contribution in [3.05, 3.63) is 16.1 Å². The summed E-state index contributed by atoms with van der Waals surface area (Å²) in [7, 11) is 0. The number of aryl methyl sites for hydroxylation is 1. The van der Waals surface area contributed by atoms with Crippen LogP contribution in [-0.2, 0) is 6.42 Å². The predicted molar refractivity (Wildman–Crippen MR) is 81.3 cm³/mol. The van der Waals surface area contributed by atoms with Gasteiger partial charge in [-0.1, -0.05) is 13.8 Å². The van der Waals surface area contributed by atoms with Crippen molar-refractivity contribution in [3.8, 4) is 0 Å². The fraction of sp³-hybridized carbons (Fsp3) is 0.800. The minimum atomic E-state index is 0.202. The molecular formula is C15H28N2S. The van der Waals surface area contributed by atoms with Crippen LogP contribution < -0.4 is 5.32 Å². The molecule has 1 N–H and O–H groups in total. The van der Waals surface area contributed by atoms with E-state index >= 15 is 0 Å². The van der Waals surface area contributed by atoms with E-state index in [0.717, 1.165) is 18.9 Å². The number of hydrogen-bond donors (Lipinski definition) is 1. The Morgan fingerprint density at radius 2 is 2.00 bits per heavy atom. The third-order valence-corrected chi connectivity index (χ3v) is 3.71. The second-order valence-electron chi connectivity index (χ2n) is 6.69. The molecule has 104 valence electrons. The lowest BCUT2D eigenvalue weighted by atomic mass is 9.92. The van der Waals surface area contributed by atoms with Crippen LogP contribution in [-0.4, -0.2) is 17.1 Å². The minimum absolute atomic E-state index is 0.202. The molecule has 0 saturated carbocycles. The molecule has 2 nitrogen and oxygen atoms in total. The summed E-state index contributed by atoms with van der Waals surface area (Å²) in [6.45, 7) is 14.5. The summed E-state index contributed by atoms with van der Waals surface area (Å²) in [6, 6.07) is 0. The molecule has 0 aromatic carbocycles. The summed E-state index contributed by atoms with van der Waals surface area (Å²) in [5, 5.41) is 7.02. The summed E-state index contributed by atoms with van der Waals surface area (Å²) in [4.78, 5) is 4.59. The van der Waals surface area contributed by atoms with Gasteiger partial charge in [-0.15, -0.1) is 11.3 Å². The van der Waals surface area contributed by atoms with Crippen LogP contribution in [0.5, 0.6) is 0 Å². The van der Waals surface area contributed by atoms with Gasteiger partial charge in [-0.25, -0.2) is 4.98 Å². The molecule has 0 spiro atoms. The quantitative estimate of drug-likeness (QED) is 0.842. The highest BCUT2D eigenvalue weighted by Gasteiger charge is 2.17. The van der Waals surface area contributed by atoms with E-state index in [1.807, 2.05) is 0 Å². The van der Waals surface area contributed by atoms with Gasteiger partial charge in [-0.3, -0.25) is 0 Å². The van der Waals surface area contributed by atoms with E-state index in [4.69, 9.17) is 0 Å². The van der Waals surface area contributed by atoms with Crippen LogP contribution in [0.3, 0.4) is 0 Å². The van der Waals surface area contributed by atoms with E-state index in [1.54, 1.807) is 11.3 Å². The molecule has 0 radical (unpaired) electrons. The van der Waals surface area contributed by atoms with Crippen molar-refractivity contribution in [3.63, 3.8) is 0 Å². The van der Waals surface area contributed by atoms with E-state index in [2.05, 4.69) is 57.2 Å². The normalized spacial score (nSPS) is 14.2. The lowest BCUT2D eigenvalue weighted by Gasteiger charge is -2.26. The van der Waals surface area contributed by atoms with Gasteiger partial charge in [0, 0.05) is 10.9 Å². The van der Waals surface area contributed by atoms with Gasteiger partial charge >= 0.3 is 0 Å². The average Bonchev–Trinajstić information content (AvgIpc) is 2.58. The molecule has 0 aliphatic rings. The Labute approximate surface area is 116 Å². The van der Waals surface area contributed by atoms with Gasteiger partial charge < -0.3 is 5.32 Å². The first-order chi connectivity index (χ1) is 8.26. The van der Waals surface area contributed by atoms with Gasteiger partial charge in [0.25, 0.3) is 0 Å². The number of aromatic nitrogens is 1. The monoisotopic (exact) mass is 268 g/mol. The number of thiazole rings is 1. The maximum absolute atomic E-state index is 4.59. The SMILES string of the molecule is Cc1nc(CC(CNC(C)(C)C)CC(C)C)cs1. The van der Waals surface area contributed by atoms with Crippen LogP contribution in [0.2, 0.25) is 0 Å². The maximum Gasteiger partial charge on any atom is 0.0897 e. The van der Waals surface area contributed by atoms with Crippen molar-refractivity contribution in [2.75, 3.05) is 6.54 Å². The summed E-state index contributed by atoms with van der Waals surface area (Å²) < 4.78 is 0. The Morgan fingerprint density at radius 1 is 1.33 bits per heavy atom. The Balaban J connectivity index is 2.55. The third-order valence-electron chi connectivity index (χ3n) is 2.89. The molecule has 1 heterocycles. The average molecular weight is 268 g/mol. The third kappa shape index (κ3) is 6.50. The molecule has 1 unspecified atom stereocenters. The highest BCUT2D eigenvalue weighted by atomic mass is 32.1. The van der Waals surface area contributed by atoms with Crippen molar-refractivity contribution in [1.29, 1.82) is 0 Å². The van der Waals surface area contributed by atoms with Crippen LogP contribution in [0, 0.1) is 18.8 Å². The van der Waals surface area contributed by atoms with Crippen LogP contribution in [0.4, 0.5) is 0 Å². The summed E-state index contributed by atoms with van der Waals surface area (Å²) >= 11 is 1.76. The zero-order valence-electron chi connectivity index (χ0n) is 12.7. The van der Waals surface area contributed by atoms with Crippen LogP contribution in [0.15, 0.2) is 5.38 Å². The largest absolute Gasteiger partial charge is 0.312 e. The zero-order valence-corrected chi connectivity index (χ0v) is 13.5. The van der Waals surface area contributed by atoms with E-state index in [0.29, 0.717) is 5.92 Å². The van der Waals surface area contributed by atoms with Crippen molar-refractivity contribution in [1.82, 2.24) is 10.3 Å². The Bertz CT molecular complexity index is 350. The molecule has 1 atom stereocenters. The molecular weight excluding hydrogens is 240 g/mol. The first-order valence-electron chi connectivity index (χ1n) is 6.92. The number of nitrogens with zero attached hydrogens (tertiary/aromatic N) is 1. The molecule has 18 heavy (non-hydrogen) atoms. The van der Waals surface area contributed by atoms with E-state index in [1.165, 1.54) is 17.1 Å². The topological polar surface area (TPSA) is 24.9 Å². The Morgan fingerprint density at radius 3 is 2.44 bits per heavy atom. The summed E-state index contributed by atoms with van der Waals surface area (Å²) in [6.07, 6.45) is 2.37. The predicted octanol–water partition coefficient (Wildman–Crippen LogP) is 4.04. The molecule has 3 heteroatoms. The first kappa shape index (κ1) is 15.6. The fourth-order valence-electron chi connectivity index (χ4n) is 2.15. The molecule has 1 rings (SSSR count). The van der Waals surface area contributed by atoms with Gasteiger partial charge in [-0.05, 0) is 58.9 Å². The second kappa shape index (κ2) is 6.67. The second-order valence-corrected chi connectivity index (χ2v) is 7.75. The Kier molecular flexibility index (Phi) is 5.80. The van der Waals surface area contributed by atoms with Gasteiger partial charge in [0.1, 0.15) is 0 Å².